The Hall–Kier alpha value is -1.75. The lowest BCUT2D eigenvalue weighted by molar-refractivity contribution is 1.09. The fourth-order valence-corrected chi connectivity index (χ4v) is 2.03. The van der Waals surface area contributed by atoms with Gasteiger partial charge in [-0.05, 0) is 31.0 Å². The van der Waals surface area contributed by atoms with Crippen molar-refractivity contribution in [1.29, 1.82) is 0 Å². The fraction of sp³-hybridized carbons (Fsp3) is 0.308. The molecule has 0 aliphatic heterocycles. The summed E-state index contributed by atoms with van der Waals surface area (Å²) < 4.78 is 0. The Balaban J connectivity index is 2.54. The van der Waals surface area contributed by atoms with E-state index in [2.05, 4.69) is 35.8 Å². The van der Waals surface area contributed by atoms with Gasteiger partial charge in [0, 0.05) is 23.5 Å². The number of nitrogens with zero attached hydrogens (tertiary/aromatic N) is 1. The molecule has 0 radical (unpaired) electrons. The van der Waals surface area contributed by atoms with E-state index in [9.17, 15) is 0 Å². The first-order valence-electron chi connectivity index (χ1n) is 5.13. The first kappa shape index (κ1) is 9.79. The van der Waals surface area contributed by atoms with Crippen molar-refractivity contribution >= 4 is 10.9 Å². The molecule has 0 saturated carbocycles. The van der Waals surface area contributed by atoms with Crippen LogP contribution in [-0.4, -0.2) is 11.5 Å². The summed E-state index contributed by atoms with van der Waals surface area (Å²) in [6.07, 6.45) is 2.87. The Labute approximate surface area is 89.7 Å². The molecule has 15 heavy (non-hydrogen) atoms. The molecule has 1 N–H and O–H groups in total. The summed E-state index contributed by atoms with van der Waals surface area (Å²) >= 11 is 0. The van der Waals surface area contributed by atoms with Crippen LogP contribution in [0.4, 0.5) is 0 Å². The highest BCUT2D eigenvalue weighted by Crippen LogP contribution is 2.23. The van der Waals surface area contributed by atoms with Crippen LogP contribution in [0.5, 0.6) is 0 Å². The topological polar surface area (TPSA) is 20.1 Å². The van der Waals surface area contributed by atoms with E-state index in [0.29, 0.717) is 6.54 Å². The Kier molecular flexibility index (Phi) is 2.47. The third kappa shape index (κ3) is 1.73. The van der Waals surface area contributed by atoms with Crippen LogP contribution in [-0.2, 0) is 6.42 Å². The van der Waals surface area contributed by atoms with E-state index in [0.717, 1.165) is 6.42 Å². The smallest absolute Gasteiger partial charge is 0.218 e. The van der Waals surface area contributed by atoms with Crippen LogP contribution in [0.3, 0.4) is 0 Å². The molecule has 2 nitrogen and oxygen atoms in total. The molecule has 1 aromatic carbocycles. The van der Waals surface area contributed by atoms with Crippen LogP contribution in [0.2, 0.25) is 0 Å². The van der Waals surface area contributed by atoms with Gasteiger partial charge in [0.25, 0.3) is 0 Å². The van der Waals surface area contributed by atoms with Crippen molar-refractivity contribution in [2.24, 2.45) is 0 Å². The van der Waals surface area contributed by atoms with E-state index in [1.807, 2.05) is 6.20 Å². The second-order valence-electron chi connectivity index (χ2n) is 3.95. The van der Waals surface area contributed by atoms with Gasteiger partial charge >= 0.3 is 0 Å². The summed E-state index contributed by atoms with van der Waals surface area (Å²) in [5.74, 6) is 0. The maximum Gasteiger partial charge on any atom is 0.218 e. The van der Waals surface area contributed by atoms with Crippen molar-refractivity contribution in [3.8, 4) is 0 Å². The van der Waals surface area contributed by atoms with E-state index in [1.165, 1.54) is 27.6 Å². The molecule has 1 heterocycles. The lowest BCUT2D eigenvalue weighted by Crippen LogP contribution is -1.86. The van der Waals surface area contributed by atoms with Gasteiger partial charge < -0.3 is 9.83 Å². The van der Waals surface area contributed by atoms with Crippen LogP contribution in [0.1, 0.15) is 16.7 Å². The van der Waals surface area contributed by atoms with Gasteiger partial charge in [-0.3, -0.25) is 0 Å². The number of nitrogens with one attached hydrogen (secondary N) is 1. The Morgan fingerprint density at radius 3 is 2.87 bits per heavy atom. The minimum absolute atomic E-state index is 0.569. The van der Waals surface area contributed by atoms with Gasteiger partial charge in [0.2, 0.25) is 6.54 Å². The highest BCUT2D eigenvalue weighted by Gasteiger charge is 2.06. The normalized spacial score (nSPS) is 10.5. The van der Waals surface area contributed by atoms with Crippen molar-refractivity contribution in [3.05, 3.63) is 46.4 Å². The zero-order valence-electron chi connectivity index (χ0n) is 9.09. The van der Waals surface area contributed by atoms with Crippen LogP contribution in [0, 0.1) is 20.4 Å². The van der Waals surface area contributed by atoms with Crippen molar-refractivity contribution in [3.63, 3.8) is 0 Å². The molecule has 0 unspecified atom stereocenters. The zero-order valence-corrected chi connectivity index (χ0v) is 9.09. The Morgan fingerprint density at radius 1 is 1.33 bits per heavy atom. The molecule has 2 aromatic rings. The predicted octanol–water partition coefficient (Wildman–Crippen LogP) is 3.25. The quantitative estimate of drug-likeness (QED) is 0.715. The monoisotopic (exact) mass is 198 g/mol. The van der Waals surface area contributed by atoms with Crippen LogP contribution in [0.25, 0.3) is 15.7 Å². The zero-order chi connectivity index (χ0) is 10.8. The fourth-order valence-electron chi connectivity index (χ4n) is 2.03. The second-order valence-corrected chi connectivity index (χ2v) is 3.95. The molecule has 0 saturated heterocycles. The summed E-state index contributed by atoms with van der Waals surface area (Å²) in [5, 5.41) is 1.27. The number of fused-ring (bicyclic) bond motifs is 1. The second kappa shape index (κ2) is 3.78. The highest BCUT2D eigenvalue weighted by molar-refractivity contribution is 5.86. The van der Waals surface area contributed by atoms with E-state index in [4.69, 9.17) is 6.57 Å². The molecule has 0 fully saturated rings. The van der Waals surface area contributed by atoms with Crippen molar-refractivity contribution in [2.45, 2.75) is 20.3 Å². The van der Waals surface area contributed by atoms with Gasteiger partial charge in [-0.15, -0.1) is 0 Å². The van der Waals surface area contributed by atoms with E-state index in [1.54, 1.807) is 0 Å². The third-order valence-electron chi connectivity index (χ3n) is 2.71. The third-order valence-corrected chi connectivity index (χ3v) is 2.71. The summed E-state index contributed by atoms with van der Waals surface area (Å²) in [7, 11) is 0. The minimum atomic E-state index is 0.569. The maximum atomic E-state index is 6.81. The number of hydrogen-bond donors (Lipinski definition) is 1. The number of hydrogen-bond acceptors (Lipinski definition) is 0. The molecule has 0 atom stereocenters. The summed E-state index contributed by atoms with van der Waals surface area (Å²) in [4.78, 5) is 6.69. The summed E-state index contributed by atoms with van der Waals surface area (Å²) in [6, 6.07) is 4.37. The molecule has 2 heteroatoms. The van der Waals surface area contributed by atoms with Gasteiger partial charge in [-0.25, -0.2) is 6.57 Å². The lowest BCUT2D eigenvalue weighted by atomic mass is 10.0. The van der Waals surface area contributed by atoms with Crippen LogP contribution >= 0.6 is 0 Å². The average Bonchev–Trinajstić information content (AvgIpc) is 2.58. The molecule has 1 aromatic heterocycles. The summed E-state index contributed by atoms with van der Waals surface area (Å²) in [5.41, 5.74) is 5.02. The van der Waals surface area contributed by atoms with Gasteiger partial charge in [-0.2, -0.15) is 0 Å². The van der Waals surface area contributed by atoms with Gasteiger partial charge in [0.05, 0.1) is 0 Å². The van der Waals surface area contributed by atoms with Crippen molar-refractivity contribution in [1.82, 2.24) is 4.98 Å². The van der Waals surface area contributed by atoms with Gasteiger partial charge in [-0.1, -0.05) is 11.6 Å². The van der Waals surface area contributed by atoms with Crippen LogP contribution in [0.15, 0.2) is 18.3 Å². The lowest BCUT2D eigenvalue weighted by Gasteiger charge is -2.00. The molecule has 0 bridgehead atoms. The Bertz CT molecular complexity index is 529. The number of rotatable bonds is 2. The number of benzene rings is 1. The van der Waals surface area contributed by atoms with Crippen molar-refractivity contribution in [2.75, 3.05) is 6.54 Å². The highest BCUT2D eigenvalue weighted by atomic mass is 14.7. The number of H-pyrrole nitrogens is 1. The molecule has 2 rings (SSSR count). The maximum absolute atomic E-state index is 6.81. The molecule has 76 valence electrons. The first-order chi connectivity index (χ1) is 7.22. The molecule has 0 spiro atoms. The molecular formula is C13H14N2. The largest absolute Gasteiger partial charge is 0.361 e. The van der Waals surface area contributed by atoms with Crippen molar-refractivity contribution < 1.29 is 0 Å². The molecule has 0 aliphatic carbocycles. The minimum Gasteiger partial charge on any atom is -0.361 e. The number of aromatic nitrogens is 1. The SMILES string of the molecule is [C-]#[N+]CCc1c[nH]c2c(C)cc(C)cc12. The van der Waals surface area contributed by atoms with Gasteiger partial charge in [0.15, 0.2) is 0 Å². The van der Waals surface area contributed by atoms with E-state index in [-0.39, 0.29) is 0 Å². The molecule has 0 aliphatic rings. The standard InChI is InChI=1S/C13H14N2/c1-9-6-10(2)13-12(7-9)11(8-15-13)4-5-14-3/h6-8,15H,4-5H2,1-2H3. The number of aromatic amines is 1. The van der Waals surface area contributed by atoms with E-state index >= 15 is 0 Å². The van der Waals surface area contributed by atoms with E-state index < -0.39 is 0 Å². The Morgan fingerprint density at radius 2 is 2.13 bits per heavy atom. The summed E-state index contributed by atoms with van der Waals surface area (Å²) in [6.45, 7) is 11.6. The predicted molar refractivity (Wildman–Crippen MR) is 62.9 cm³/mol. The molecule has 0 amide bonds. The first-order valence-corrected chi connectivity index (χ1v) is 5.13. The van der Waals surface area contributed by atoms with Crippen LogP contribution < -0.4 is 0 Å². The van der Waals surface area contributed by atoms with Gasteiger partial charge in [0.1, 0.15) is 0 Å². The average molecular weight is 198 g/mol. The number of aryl methyl sites for hydroxylation is 2. The molecular weight excluding hydrogens is 184 g/mol.